The van der Waals surface area contributed by atoms with Crippen LogP contribution in [0.15, 0.2) is 18.2 Å². The van der Waals surface area contributed by atoms with Crippen molar-refractivity contribution in [2.24, 2.45) is 0 Å². The summed E-state index contributed by atoms with van der Waals surface area (Å²) in [7, 11) is 1.76. The van der Waals surface area contributed by atoms with Gasteiger partial charge in [0.2, 0.25) is 0 Å². The molecule has 1 aliphatic rings. The first-order valence-corrected chi connectivity index (χ1v) is 7.36. The highest BCUT2D eigenvalue weighted by Crippen LogP contribution is 2.21. The second-order valence-corrected chi connectivity index (χ2v) is 5.36. The molecule has 0 atom stereocenters. The van der Waals surface area contributed by atoms with Crippen LogP contribution in [0.5, 0.6) is 5.75 Å². The van der Waals surface area contributed by atoms with Crippen LogP contribution in [-0.2, 0) is 6.42 Å². The van der Waals surface area contributed by atoms with Gasteiger partial charge in [0.05, 0.1) is 7.11 Å². The smallest absolute Gasteiger partial charge is 0.122 e. The molecule has 1 N–H and O–H groups in total. The van der Waals surface area contributed by atoms with Gasteiger partial charge in [0.15, 0.2) is 0 Å². The number of ether oxygens (including phenoxy) is 1. The molecule has 0 unspecified atom stereocenters. The van der Waals surface area contributed by atoms with E-state index in [1.807, 2.05) is 0 Å². The zero-order valence-electron chi connectivity index (χ0n) is 12.2. The lowest BCUT2D eigenvalue weighted by Crippen LogP contribution is -2.29. The molecule has 3 heteroatoms. The third-order valence-corrected chi connectivity index (χ3v) is 3.79. The fraction of sp³-hybridized carbons (Fsp3) is 0.625. The van der Waals surface area contributed by atoms with Crippen LogP contribution in [0.4, 0.5) is 0 Å². The molecule has 2 rings (SSSR count). The molecule has 0 saturated carbocycles. The first-order valence-electron chi connectivity index (χ1n) is 7.36. The third kappa shape index (κ3) is 4.51. The van der Waals surface area contributed by atoms with E-state index in [1.165, 1.54) is 50.1 Å². The van der Waals surface area contributed by atoms with Crippen LogP contribution in [0.25, 0.3) is 0 Å². The van der Waals surface area contributed by atoms with Gasteiger partial charge in [-0.3, -0.25) is 0 Å². The van der Waals surface area contributed by atoms with E-state index >= 15 is 0 Å². The van der Waals surface area contributed by atoms with Crippen molar-refractivity contribution < 1.29 is 4.74 Å². The summed E-state index contributed by atoms with van der Waals surface area (Å²) in [6.45, 7) is 8.06. The van der Waals surface area contributed by atoms with Crippen molar-refractivity contribution >= 4 is 0 Å². The molecule has 3 nitrogen and oxygen atoms in total. The van der Waals surface area contributed by atoms with Gasteiger partial charge in [0.1, 0.15) is 5.75 Å². The van der Waals surface area contributed by atoms with Gasteiger partial charge in [-0.15, -0.1) is 0 Å². The van der Waals surface area contributed by atoms with E-state index in [2.05, 4.69) is 35.3 Å². The lowest BCUT2D eigenvalue weighted by molar-refractivity contribution is 0.288. The molecule has 0 bridgehead atoms. The topological polar surface area (TPSA) is 24.5 Å². The number of rotatable bonds is 5. The summed E-state index contributed by atoms with van der Waals surface area (Å²) >= 11 is 0. The van der Waals surface area contributed by atoms with Crippen molar-refractivity contribution in [1.82, 2.24) is 10.2 Å². The Morgan fingerprint density at radius 1 is 1.26 bits per heavy atom. The fourth-order valence-electron chi connectivity index (χ4n) is 2.72. The first kappa shape index (κ1) is 14.4. The number of hydrogen-bond acceptors (Lipinski definition) is 3. The Labute approximate surface area is 116 Å². The van der Waals surface area contributed by atoms with E-state index in [9.17, 15) is 0 Å². The highest BCUT2D eigenvalue weighted by atomic mass is 16.5. The van der Waals surface area contributed by atoms with Crippen LogP contribution in [0.3, 0.4) is 0 Å². The molecule has 0 amide bonds. The summed E-state index contributed by atoms with van der Waals surface area (Å²) in [5.41, 5.74) is 2.66. The Balaban J connectivity index is 1.82. The maximum atomic E-state index is 5.44. The Bertz CT molecular complexity index is 384. The molecule has 0 spiro atoms. The van der Waals surface area contributed by atoms with Crippen molar-refractivity contribution in [3.05, 3.63) is 29.3 Å². The molecule has 1 aromatic carbocycles. The highest BCUT2D eigenvalue weighted by molar-refractivity contribution is 5.36. The Kier molecular flexibility index (Phi) is 5.67. The van der Waals surface area contributed by atoms with Crippen molar-refractivity contribution in [2.75, 3.05) is 39.8 Å². The van der Waals surface area contributed by atoms with Crippen molar-refractivity contribution in [2.45, 2.75) is 26.2 Å². The monoisotopic (exact) mass is 262 g/mol. The van der Waals surface area contributed by atoms with E-state index in [0.29, 0.717) is 0 Å². The third-order valence-electron chi connectivity index (χ3n) is 3.79. The van der Waals surface area contributed by atoms with E-state index in [-0.39, 0.29) is 0 Å². The summed E-state index contributed by atoms with van der Waals surface area (Å²) in [5, 5.41) is 3.45. The van der Waals surface area contributed by atoms with Crippen LogP contribution < -0.4 is 10.1 Å². The molecule has 106 valence electrons. The predicted octanol–water partition coefficient (Wildman–Crippen LogP) is 2.23. The predicted molar refractivity (Wildman–Crippen MR) is 80.0 cm³/mol. The largest absolute Gasteiger partial charge is 0.496 e. The second-order valence-electron chi connectivity index (χ2n) is 5.36. The average molecular weight is 262 g/mol. The molecule has 0 aromatic heterocycles. The van der Waals surface area contributed by atoms with Crippen LogP contribution in [0.1, 0.15) is 24.0 Å². The van der Waals surface area contributed by atoms with Crippen molar-refractivity contribution in [3.8, 4) is 5.75 Å². The van der Waals surface area contributed by atoms with Crippen molar-refractivity contribution in [3.63, 3.8) is 0 Å². The van der Waals surface area contributed by atoms with E-state index in [0.717, 1.165) is 18.7 Å². The van der Waals surface area contributed by atoms with Crippen LogP contribution in [-0.4, -0.2) is 44.7 Å². The number of hydrogen-bond donors (Lipinski definition) is 1. The molecule has 1 saturated heterocycles. The van der Waals surface area contributed by atoms with Gasteiger partial charge < -0.3 is 15.0 Å². The molecule has 1 aliphatic heterocycles. The summed E-state index contributed by atoms with van der Waals surface area (Å²) in [6.07, 6.45) is 3.59. The second kappa shape index (κ2) is 7.51. The number of nitrogens with zero attached hydrogens (tertiary/aromatic N) is 1. The fourth-order valence-corrected chi connectivity index (χ4v) is 2.72. The minimum absolute atomic E-state index is 1.03. The van der Waals surface area contributed by atoms with Gasteiger partial charge in [0.25, 0.3) is 0 Å². The average Bonchev–Trinajstić information content (AvgIpc) is 2.68. The summed E-state index contributed by atoms with van der Waals surface area (Å²) in [5.74, 6) is 1.03. The van der Waals surface area contributed by atoms with Gasteiger partial charge >= 0.3 is 0 Å². The van der Waals surface area contributed by atoms with Gasteiger partial charge in [0, 0.05) is 13.1 Å². The standard InChI is InChI=1S/C16H26N2O/c1-14-6-7-16(19-2)15(13-14)5-3-10-18-11-4-8-17-9-12-18/h6-7,13,17H,3-5,8-12H2,1-2H3. The quantitative estimate of drug-likeness (QED) is 0.880. The van der Waals surface area contributed by atoms with Crippen LogP contribution in [0, 0.1) is 6.92 Å². The van der Waals surface area contributed by atoms with Crippen molar-refractivity contribution in [1.29, 1.82) is 0 Å². The van der Waals surface area contributed by atoms with Gasteiger partial charge in [-0.1, -0.05) is 17.7 Å². The van der Waals surface area contributed by atoms with Gasteiger partial charge in [-0.2, -0.15) is 0 Å². The Morgan fingerprint density at radius 3 is 3.00 bits per heavy atom. The summed E-state index contributed by atoms with van der Waals surface area (Å²) in [4.78, 5) is 2.57. The number of aryl methyl sites for hydroxylation is 2. The maximum absolute atomic E-state index is 5.44. The molecule has 0 aliphatic carbocycles. The lowest BCUT2D eigenvalue weighted by atomic mass is 10.1. The summed E-state index contributed by atoms with van der Waals surface area (Å²) < 4.78 is 5.44. The molecular weight excluding hydrogens is 236 g/mol. The Morgan fingerprint density at radius 2 is 2.16 bits per heavy atom. The van der Waals surface area contributed by atoms with Crippen LogP contribution in [0.2, 0.25) is 0 Å². The molecular formula is C16H26N2O. The number of methoxy groups -OCH3 is 1. The minimum Gasteiger partial charge on any atom is -0.496 e. The van der Waals surface area contributed by atoms with Gasteiger partial charge in [-0.25, -0.2) is 0 Å². The number of benzene rings is 1. The minimum atomic E-state index is 1.03. The molecule has 1 aromatic rings. The molecule has 1 heterocycles. The van der Waals surface area contributed by atoms with Crippen LogP contribution >= 0.6 is 0 Å². The SMILES string of the molecule is COc1ccc(C)cc1CCCN1CCCNCC1. The zero-order valence-corrected chi connectivity index (χ0v) is 12.2. The molecule has 19 heavy (non-hydrogen) atoms. The number of nitrogens with one attached hydrogen (secondary N) is 1. The van der Waals surface area contributed by atoms with Gasteiger partial charge in [-0.05, 0) is 57.5 Å². The van der Waals surface area contributed by atoms with E-state index < -0.39 is 0 Å². The highest BCUT2D eigenvalue weighted by Gasteiger charge is 2.09. The van der Waals surface area contributed by atoms with E-state index in [1.54, 1.807) is 7.11 Å². The lowest BCUT2D eigenvalue weighted by Gasteiger charge is -2.19. The normalized spacial score (nSPS) is 17.2. The summed E-state index contributed by atoms with van der Waals surface area (Å²) in [6, 6.07) is 6.45. The molecule has 0 radical (unpaired) electrons. The molecule has 1 fully saturated rings. The first-order chi connectivity index (χ1) is 9.29. The van der Waals surface area contributed by atoms with E-state index in [4.69, 9.17) is 4.74 Å². The zero-order chi connectivity index (χ0) is 13.5. The maximum Gasteiger partial charge on any atom is 0.122 e. The Hall–Kier alpha value is -1.06.